The Hall–Kier alpha value is -2.34. The van der Waals surface area contributed by atoms with Crippen LogP contribution in [0.5, 0.6) is 5.75 Å². The van der Waals surface area contributed by atoms with Crippen LogP contribution < -0.4 is 4.74 Å². The summed E-state index contributed by atoms with van der Waals surface area (Å²) in [6.07, 6.45) is 3.03. The summed E-state index contributed by atoms with van der Waals surface area (Å²) in [5, 5.41) is 10.4. The highest BCUT2D eigenvalue weighted by Gasteiger charge is 2.43. The number of hydrogen-bond donors (Lipinski definition) is 1. The zero-order chi connectivity index (χ0) is 23.6. The summed E-state index contributed by atoms with van der Waals surface area (Å²) >= 11 is 6.53. The predicted molar refractivity (Wildman–Crippen MR) is 125 cm³/mol. The van der Waals surface area contributed by atoms with Gasteiger partial charge in [0.05, 0.1) is 22.5 Å². The van der Waals surface area contributed by atoms with Crippen LogP contribution in [0.15, 0.2) is 24.5 Å². The van der Waals surface area contributed by atoms with Crippen molar-refractivity contribution in [1.29, 1.82) is 0 Å². The molecule has 2 rings (SSSR count). The number of ether oxygens (including phenoxy) is 1. The van der Waals surface area contributed by atoms with Crippen LogP contribution in [0.25, 0.3) is 11.3 Å². The molecule has 0 spiro atoms. The van der Waals surface area contributed by atoms with Gasteiger partial charge in [-0.3, -0.25) is 14.9 Å². The first-order valence-corrected chi connectivity index (χ1v) is 10.9. The number of hydrogen-bond acceptors (Lipinski definition) is 4. The second kappa shape index (κ2) is 9.43. The first-order chi connectivity index (χ1) is 14.3. The van der Waals surface area contributed by atoms with E-state index in [0.29, 0.717) is 17.2 Å². The molecule has 0 bridgehead atoms. The Morgan fingerprint density at radius 2 is 1.87 bits per heavy atom. The van der Waals surface area contributed by atoms with Gasteiger partial charge in [-0.15, -0.1) is 0 Å². The lowest BCUT2D eigenvalue weighted by Crippen LogP contribution is -2.61. The lowest BCUT2D eigenvalue weighted by Gasteiger charge is -2.47. The van der Waals surface area contributed by atoms with Gasteiger partial charge in [0.25, 0.3) is 0 Å². The molecule has 0 aliphatic rings. The molecule has 2 aromatic rings. The van der Waals surface area contributed by atoms with Gasteiger partial charge < -0.3 is 9.84 Å². The molecule has 1 amide bonds. The van der Waals surface area contributed by atoms with Crippen molar-refractivity contribution >= 4 is 17.7 Å². The number of aromatic nitrogens is 2. The monoisotopic (exact) mass is 447 g/mol. The maximum Gasteiger partial charge on any atom is 0.408 e. The average molecular weight is 448 g/mol. The van der Waals surface area contributed by atoms with Gasteiger partial charge in [0.15, 0.2) is 5.75 Å². The van der Waals surface area contributed by atoms with Gasteiger partial charge >= 0.3 is 6.09 Å². The van der Waals surface area contributed by atoms with Gasteiger partial charge in [-0.1, -0.05) is 25.4 Å². The molecule has 31 heavy (non-hydrogen) atoms. The van der Waals surface area contributed by atoms with E-state index in [0.717, 1.165) is 22.5 Å². The van der Waals surface area contributed by atoms with Crippen molar-refractivity contribution in [3.8, 4) is 17.0 Å². The Labute approximate surface area is 190 Å². The molecule has 2 aromatic heterocycles. The molecule has 0 unspecified atom stereocenters. The number of aryl methyl sites for hydroxylation is 1. The fraction of sp³-hybridized carbons (Fsp3) is 0.542. The Kier molecular flexibility index (Phi) is 7.58. The summed E-state index contributed by atoms with van der Waals surface area (Å²) in [6.45, 7) is 15.9. The first kappa shape index (κ1) is 24.9. The second-order valence-corrected chi connectivity index (χ2v) is 10.1. The minimum absolute atomic E-state index is 0.170. The highest BCUT2D eigenvalue weighted by Crippen LogP contribution is 2.34. The number of pyridine rings is 2. The number of rotatable bonds is 7. The summed E-state index contributed by atoms with van der Waals surface area (Å²) in [4.78, 5) is 22.5. The summed E-state index contributed by atoms with van der Waals surface area (Å²) in [5.74, 6) is 0.717. The van der Waals surface area contributed by atoms with Crippen LogP contribution in [-0.4, -0.2) is 43.8 Å². The molecule has 2 heterocycles. The topological polar surface area (TPSA) is 75.5 Å². The average Bonchev–Trinajstić information content (AvgIpc) is 2.60. The van der Waals surface area contributed by atoms with Crippen molar-refractivity contribution in [2.24, 2.45) is 5.92 Å². The third kappa shape index (κ3) is 5.88. The molecule has 0 fully saturated rings. The molecule has 6 nitrogen and oxygen atoms in total. The number of carboxylic acid groups (broad SMARTS) is 1. The molecule has 170 valence electrons. The molecule has 0 aliphatic heterocycles. The molecule has 0 aliphatic carbocycles. The maximum absolute atomic E-state index is 12.1. The van der Waals surface area contributed by atoms with Crippen LogP contribution in [-0.2, 0) is 0 Å². The van der Waals surface area contributed by atoms with E-state index in [4.69, 9.17) is 16.3 Å². The van der Waals surface area contributed by atoms with E-state index in [-0.39, 0.29) is 12.5 Å². The Bertz CT molecular complexity index is 940. The molecule has 0 saturated carbocycles. The Morgan fingerprint density at radius 3 is 2.39 bits per heavy atom. The van der Waals surface area contributed by atoms with E-state index >= 15 is 0 Å². The fourth-order valence-electron chi connectivity index (χ4n) is 4.24. The standard InChI is InChI=1S/C24H34ClN3O3/c1-15(2)12-24(8,28(22(29)30)23(5,6)7)14-31-21-13-27-20(11-19(21)25)18-9-10-26-17(4)16(18)3/h9-11,13,15H,12,14H2,1-8H3,(H,29,30)/t24-/m0/s1. The van der Waals surface area contributed by atoms with E-state index in [1.165, 1.54) is 4.90 Å². The largest absolute Gasteiger partial charge is 0.488 e. The van der Waals surface area contributed by atoms with Gasteiger partial charge in [-0.2, -0.15) is 0 Å². The number of halogens is 1. The van der Waals surface area contributed by atoms with Gasteiger partial charge in [0.1, 0.15) is 6.61 Å². The number of carbonyl (C=O) groups is 1. The zero-order valence-corrected chi connectivity index (χ0v) is 20.5. The maximum atomic E-state index is 12.1. The van der Waals surface area contributed by atoms with E-state index < -0.39 is 17.2 Å². The lowest BCUT2D eigenvalue weighted by atomic mass is 9.86. The molecule has 0 saturated heterocycles. The third-order valence-corrected chi connectivity index (χ3v) is 5.64. The van der Waals surface area contributed by atoms with Crippen LogP contribution in [0.2, 0.25) is 5.02 Å². The molecule has 7 heteroatoms. The second-order valence-electron chi connectivity index (χ2n) is 9.74. The summed E-state index contributed by atoms with van der Waals surface area (Å²) in [6, 6.07) is 3.69. The smallest absolute Gasteiger partial charge is 0.408 e. The van der Waals surface area contributed by atoms with Crippen LogP contribution in [0.4, 0.5) is 4.79 Å². The van der Waals surface area contributed by atoms with E-state index in [2.05, 4.69) is 23.8 Å². The van der Waals surface area contributed by atoms with E-state index in [1.54, 1.807) is 18.5 Å². The van der Waals surface area contributed by atoms with Gasteiger partial charge in [0, 0.05) is 23.0 Å². The quantitative estimate of drug-likeness (QED) is 0.533. The van der Waals surface area contributed by atoms with Crippen molar-refractivity contribution < 1.29 is 14.6 Å². The highest BCUT2D eigenvalue weighted by atomic mass is 35.5. The summed E-state index contributed by atoms with van der Waals surface area (Å²) in [5.41, 5.74) is 2.38. The lowest BCUT2D eigenvalue weighted by molar-refractivity contribution is -0.0109. The number of nitrogens with zero attached hydrogens (tertiary/aromatic N) is 3. The SMILES string of the molecule is Cc1nccc(-c2cc(Cl)c(OC[C@](C)(CC(C)C)N(C(=O)O)C(C)(C)C)cn2)c1C. The van der Waals surface area contributed by atoms with Gasteiger partial charge in [-0.25, -0.2) is 4.79 Å². The predicted octanol–water partition coefficient (Wildman–Crippen LogP) is 6.38. The zero-order valence-electron chi connectivity index (χ0n) is 19.8. The third-order valence-electron chi connectivity index (χ3n) is 5.34. The van der Waals surface area contributed by atoms with Crippen LogP contribution in [0.1, 0.15) is 59.2 Å². The molecular formula is C24H34ClN3O3. The summed E-state index contributed by atoms with van der Waals surface area (Å²) in [7, 11) is 0. The highest BCUT2D eigenvalue weighted by molar-refractivity contribution is 6.32. The van der Waals surface area contributed by atoms with Gasteiger partial charge in [-0.05, 0) is 71.6 Å². The molecule has 1 N–H and O–H groups in total. The first-order valence-electron chi connectivity index (χ1n) is 10.5. The van der Waals surface area contributed by atoms with Crippen LogP contribution >= 0.6 is 11.6 Å². The molecular weight excluding hydrogens is 414 g/mol. The van der Waals surface area contributed by atoms with E-state index in [1.807, 2.05) is 47.6 Å². The fourth-order valence-corrected chi connectivity index (χ4v) is 4.45. The Morgan fingerprint density at radius 1 is 1.23 bits per heavy atom. The molecule has 0 radical (unpaired) electrons. The van der Waals surface area contributed by atoms with Crippen molar-refractivity contribution in [3.63, 3.8) is 0 Å². The normalized spacial score (nSPS) is 13.7. The minimum atomic E-state index is -0.970. The minimum Gasteiger partial charge on any atom is -0.488 e. The van der Waals surface area contributed by atoms with Crippen molar-refractivity contribution in [2.45, 2.75) is 72.9 Å². The van der Waals surface area contributed by atoms with E-state index in [9.17, 15) is 9.90 Å². The van der Waals surface area contributed by atoms with Gasteiger partial charge in [0.2, 0.25) is 0 Å². The molecule has 1 atom stereocenters. The summed E-state index contributed by atoms with van der Waals surface area (Å²) < 4.78 is 6.06. The van der Waals surface area contributed by atoms with Crippen LogP contribution in [0, 0.1) is 19.8 Å². The van der Waals surface area contributed by atoms with Crippen molar-refractivity contribution in [1.82, 2.24) is 14.9 Å². The van der Waals surface area contributed by atoms with Crippen molar-refractivity contribution in [2.75, 3.05) is 6.61 Å². The Balaban J connectivity index is 2.33. The van der Waals surface area contributed by atoms with Crippen LogP contribution in [0.3, 0.4) is 0 Å². The molecule has 0 aromatic carbocycles. The number of amides is 1. The van der Waals surface area contributed by atoms with Crippen molar-refractivity contribution in [3.05, 3.63) is 40.8 Å².